The highest BCUT2D eigenvalue weighted by Crippen LogP contribution is 2.29. The van der Waals surface area contributed by atoms with Crippen LogP contribution in [-0.2, 0) is 0 Å². The Morgan fingerprint density at radius 3 is 2.00 bits per heavy atom. The van der Waals surface area contributed by atoms with Crippen molar-refractivity contribution in [2.45, 2.75) is 0 Å². The third kappa shape index (κ3) is 5.26. The summed E-state index contributed by atoms with van der Waals surface area (Å²) < 4.78 is 10.5. The first kappa shape index (κ1) is 19.8. The largest absolute Gasteiger partial charge is 0.497 e. The predicted octanol–water partition coefficient (Wildman–Crippen LogP) is 4.60. The molecular formula is C22H21N3O4. The van der Waals surface area contributed by atoms with Crippen molar-refractivity contribution >= 4 is 29.0 Å². The van der Waals surface area contributed by atoms with Crippen molar-refractivity contribution in [1.29, 1.82) is 0 Å². The molecule has 0 unspecified atom stereocenters. The number of methoxy groups -OCH3 is 2. The van der Waals surface area contributed by atoms with Crippen LogP contribution >= 0.6 is 0 Å². The van der Waals surface area contributed by atoms with E-state index in [4.69, 9.17) is 9.47 Å². The maximum Gasteiger partial charge on any atom is 0.323 e. The molecule has 0 saturated heterocycles. The van der Waals surface area contributed by atoms with Crippen molar-refractivity contribution < 1.29 is 19.1 Å². The SMILES string of the molecule is COc1ccc(OC)c(NC(=O)c2ccc(NC(=O)Nc3ccccc3)cc2)c1. The summed E-state index contributed by atoms with van der Waals surface area (Å²) in [5.41, 5.74) is 2.19. The van der Waals surface area contributed by atoms with Crippen molar-refractivity contribution in [1.82, 2.24) is 0 Å². The van der Waals surface area contributed by atoms with Crippen molar-refractivity contribution in [2.75, 3.05) is 30.2 Å². The fraction of sp³-hybridized carbons (Fsp3) is 0.0909. The van der Waals surface area contributed by atoms with Crippen molar-refractivity contribution in [3.8, 4) is 11.5 Å². The number of carbonyl (C=O) groups is 2. The van der Waals surface area contributed by atoms with Gasteiger partial charge in [0.1, 0.15) is 11.5 Å². The first-order chi connectivity index (χ1) is 14.1. The Bertz CT molecular complexity index is 989. The molecule has 0 spiro atoms. The minimum atomic E-state index is -0.366. The van der Waals surface area contributed by atoms with Gasteiger partial charge in [-0.05, 0) is 48.5 Å². The Balaban J connectivity index is 1.64. The topological polar surface area (TPSA) is 88.7 Å². The summed E-state index contributed by atoms with van der Waals surface area (Å²) in [4.78, 5) is 24.6. The Morgan fingerprint density at radius 2 is 1.38 bits per heavy atom. The minimum absolute atomic E-state index is 0.308. The number of nitrogens with one attached hydrogen (secondary N) is 3. The van der Waals surface area contributed by atoms with E-state index in [1.54, 1.807) is 61.7 Å². The number of amides is 3. The third-order valence-corrected chi connectivity index (χ3v) is 4.09. The van der Waals surface area contributed by atoms with Gasteiger partial charge >= 0.3 is 6.03 Å². The fourth-order valence-electron chi connectivity index (χ4n) is 2.63. The number of carbonyl (C=O) groups excluding carboxylic acids is 2. The summed E-state index contributed by atoms with van der Waals surface area (Å²) in [5.74, 6) is 0.817. The normalized spacial score (nSPS) is 10.0. The lowest BCUT2D eigenvalue weighted by Crippen LogP contribution is -2.19. The molecule has 3 aromatic rings. The van der Waals surface area contributed by atoms with E-state index in [0.717, 1.165) is 0 Å². The van der Waals surface area contributed by atoms with Gasteiger partial charge in [0.2, 0.25) is 0 Å². The maximum atomic E-state index is 12.5. The van der Waals surface area contributed by atoms with Crippen LogP contribution in [0.15, 0.2) is 72.8 Å². The van der Waals surface area contributed by atoms with Gasteiger partial charge in [-0.25, -0.2) is 4.79 Å². The molecule has 0 bridgehead atoms. The Hall–Kier alpha value is -4.00. The molecule has 3 aromatic carbocycles. The van der Waals surface area contributed by atoms with Gasteiger partial charge in [0.15, 0.2) is 0 Å². The molecule has 29 heavy (non-hydrogen) atoms. The van der Waals surface area contributed by atoms with Crippen molar-refractivity contribution in [3.05, 3.63) is 78.4 Å². The molecule has 0 saturated carbocycles. The molecule has 0 fully saturated rings. The lowest BCUT2D eigenvalue weighted by molar-refractivity contribution is 0.102. The average molecular weight is 391 g/mol. The Labute approximate surface area is 168 Å². The fourth-order valence-corrected chi connectivity index (χ4v) is 2.63. The monoisotopic (exact) mass is 391 g/mol. The van der Waals surface area contributed by atoms with Gasteiger partial charge in [0.05, 0.1) is 19.9 Å². The standard InChI is InChI=1S/C22H21N3O4/c1-28-18-12-13-20(29-2)19(14-18)25-21(26)15-8-10-17(11-9-15)24-22(27)23-16-6-4-3-5-7-16/h3-14H,1-2H3,(H,25,26)(H2,23,24,27). The lowest BCUT2D eigenvalue weighted by atomic mass is 10.2. The van der Waals surface area contributed by atoms with Crippen LogP contribution in [-0.4, -0.2) is 26.2 Å². The van der Waals surface area contributed by atoms with Crippen molar-refractivity contribution in [3.63, 3.8) is 0 Å². The smallest absolute Gasteiger partial charge is 0.323 e. The second kappa shape index (κ2) is 9.27. The number of rotatable bonds is 6. The number of urea groups is 1. The van der Waals surface area contributed by atoms with Crippen LogP contribution in [0.5, 0.6) is 11.5 Å². The molecule has 0 radical (unpaired) electrons. The van der Waals surface area contributed by atoms with Crippen LogP contribution in [0.4, 0.5) is 21.9 Å². The summed E-state index contributed by atoms with van der Waals surface area (Å²) in [5, 5.41) is 8.25. The van der Waals surface area contributed by atoms with Gasteiger partial charge in [0.25, 0.3) is 5.91 Å². The van der Waals surface area contributed by atoms with E-state index in [9.17, 15) is 9.59 Å². The number of hydrogen-bond donors (Lipinski definition) is 3. The van der Waals surface area contributed by atoms with E-state index >= 15 is 0 Å². The number of benzene rings is 3. The zero-order valence-electron chi connectivity index (χ0n) is 16.1. The zero-order valence-corrected chi connectivity index (χ0v) is 16.1. The second-order valence-corrected chi connectivity index (χ2v) is 6.04. The Kier molecular flexibility index (Phi) is 6.32. The summed E-state index contributed by atoms with van der Waals surface area (Å²) in [6, 6.07) is 20.5. The van der Waals surface area contributed by atoms with Crippen LogP contribution in [0, 0.1) is 0 Å². The van der Waals surface area contributed by atoms with Gasteiger partial charge in [-0.15, -0.1) is 0 Å². The van der Waals surface area contributed by atoms with E-state index < -0.39 is 0 Å². The molecule has 3 rings (SSSR count). The van der Waals surface area contributed by atoms with Gasteiger partial charge in [-0.2, -0.15) is 0 Å². The highest BCUT2D eigenvalue weighted by atomic mass is 16.5. The summed E-state index contributed by atoms with van der Waals surface area (Å²) in [6.45, 7) is 0. The molecule has 0 aromatic heterocycles. The summed E-state index contributed by atoms with van der Waals surface area (Å²) in [7, 11) is 3.07. The molecule has 0 atom stereocenters. The average Bonchev–Trinajstić information content (AvgIpc) is 2.74. The molecule has 0 aliphatic carbocycles. The van der Waals surface area contributed by atoms with E-state index in [-0.39, 0.29) is 11.9 Å². The highest BCUT2D eigenvalue weighted by molar-refractivity contribution is 6.06. The second-order valence-electron chi connectivity index (χ2n) is 6.04. The van der Waals surface area contributed by atoms with Gasteiger partial charge in [-0.1, -0.05) is 18.2 Å². The molecule has 7 heteroatoms. The molecule has 0 aliphatic heterocycles. The predicted molar refractivity (Wildman–Crippen MR) is 113 cm³/mol. The third-order valence-electron chi connectivity index (χ3n) is 4.09. The van der Waals surface area contributed by atoms with E-state index in [0.29, 0.717) is 34.1 Å². The van der Waals surface area contributed by atoms with Crippen LogP contribution in [0.2, 0.25) is 0 Å². The maximum absolute atomic E-state index is 12.5. The minimum Gasteiger partial charge on any atom is -0.497 e. The van der Waals surface area contributed by atoms with Gasteiger partial charge in [-0.3, -0.25) is 4.79 Å². The summed E-state index contributed by atoms with van der Waals surface area (Å²) in [6.07, 6.45) is 0. The highest BCUT2D eigenvalue weighted by Gasteiger charge is 2.11. The number of para-hydroxylation sites is 1. The molecule has 3 N–H and O–H groups in total. The van der Waals surface area contributed by atoms with E-state index in [1.807, 2.05) is 18.2 Å². The number of anilines is 3. The summed E-state index contributed by atoms with van der Waals surface area (Å²) >= 11 is 0. The van der Waals surface area contributed by atoms with Crippen LogP contribution < -0.4 is 25.4 Å². The van der Waals surface area contributed by atoms with E-state index in [1.165, 1.54) is 7.11 Å². The number of ether oxygens (including phenoxy) is 2. The molecule has 7 nitrogen and oxygen atoms in total. The molecule has 0 heterocycles. The molecule has 148 valence electrons. The first-order valence-corrected chi connectivity index (χ1v) is 8.85. The first-order valence-electron chi connectivity index (χ1n) is 8.85. The zero-order chi connectivity index (χ0) is 20.6. The lowest BCUT2D eigenvalue weighted by Gasteiger charge is -2.12. The van der Waals surface area contributed by atoms with Gasteiger partial charge in [0, 0.05) is 23.0 Å². The number of hydrogen-bond acceptors (Lipinski definition) is 4. The van der Waals surface area contributed by atoms with Crippen molar-refractivity contribution in [2.24, 2.45) is 0 Å². The molecule has 0 aliphatic rings. The van der Waals surface area contributed by atoms with Crippen LogP contribution in [0.3, 0.4) is 0 Å². The van der Waals surface area contributed by atoms with Crippen LogP contribution in [0.25, 0.3) is 0 Å². The molecule has 3 amide bonds. The molecular weight excluding hydrogens is 370 g/mol. The quantitative estimate of drug-likeness (QED) is 0.573. The van der Waals surface area contributed by atoms with E-state index in [2.05, 4.69) is 16.0 Å². The van der Waals surface area contributed by atoms with Gasteiger partial charge < -0.3 is 25.4 Å². The van der Waals surface area contributed by atoms with Crippen LogP contribution in [0.1, 0.15) is 10.4 Å². The Morgan fingerprint density at radius 1 is 0.724 bits per heavy atom.